The van der Waals surface area contributed by atoms with Crippen LogP contribution in [0.15, 0.2) is 50.2 Å². The molecule has 2 aromatic rings. The smallest absolute Gasteiger partial charge is 0.234 e. The summed E-state index contributed by atoms with van der Waals surface area (Å²) in [4.78, 5) is 12.7. The van der Waals surface area contributed by atoms with Gasteiger partial charge in [-0.1, -0.05) is 33.6 Å². The van der Waals surface area contributed by atoms with Crippen LogP contribution in [0.4, 0.5) is 11.4 Å². The maximum atomic E-state index is 12.0. The summed E-state index contributed by atoms with van der Waals surface area (Å²) in [5.74, 6) is 0.110. The molecule has 2 aromatic carbocycles. The van der Waals surface area contributed by atoms with Gasteiger partial charge in [0.15, 0.2) is 0 Å². The summed E-state index contributed by atoms with van der Waals surface area (Å²) in [6.45, 7) is 0. The number of hydrogen-bond donors (Lipinski definition) is 2. The van der Waals surface area contributed by atoms with Crippen molar-refractivity contribution in [3.8, 4) is 0 Å². The first-order valence-corrected chi connectivity index (χ1v) is 8.84. The number of rotatable bonds is 4. The van der Waals surface area contributed by atoms with E-state index in [1.807, 2.05) is 18.2 Å². The zero-order valence-electron chi connectivity index (χ0n) is 10.7. The number of thioether (sulfide) groups is 1. The molecular formula is C14H11Br2ClN2OS. The Balaban J connectivity index is 1.99. The van der Waals surface area contributed by atoms with Gasteiger partial charge in [0.25, 0.3) is 0 Å². The number of carbonyl (C=O) groups is 1. The van der Waals surface area contributed by atoms with E-state index in [0.717, 1.165) is 19.5 Å². The lowest BCUT2D eigenvalue weighted by Crippen LogP contribution is -2.14. The van der Waals surface area contributed by atoms with Crippen LogP contribution in [0.1, 0.15) is 0 Å². The van der Waals surface area contributed by atoms with E-state index in [2.05, 4.69) is 37.2 Å². The van der Waals surface area contributed by atoms with Gasteiger partial charge < -0.3 is 11.1 Å². The molecular weight excluding hydrogens is 439 g/mol. The third kappa shape index (κ3) is 4.64. The second-order valence-corrected chi connectivity index (χ2v) is 7.28. The molecule has 0 radical (unpaired) electrons. The normalized spacial score (nSPS) is 10.4. The van der Waals surface area contributed by atoms with Crippen LogP contribution in [0.5, 0.6) is 0 Å². The van der Waals surface area contributed by atoms with Crippen LogP contribution in [0, 0.1) is 0 Å². The fourth-order valence-electron chi connectivity index (χ4n) is 1.59. The predicted octanol–water partition coefficient (Wildman–Crippen LogP) is 5.18. The lowest BCUT2D eigenvalue weighted by atomic mass is 10.3. The Hall–Kier alpha value is -0.690. The molecule has 1 amide bonds. The summed E-state index contributed by atoms with van der Waals surface area (Å²) in [5, 5.41) is 3.39. The molecule has 3 nitrogen and oxygen atoms in total. The molecule has 3 N–H and O–H groups in total. The maximum absolute atomic E-state index is 12.0. The van der Waals surface area contributed by atoms with Crippen LogP contribution in [-0.2, 0) is 4.79 Å². The Bertz CT molecular complexity index is 662. The first kappa shape index (κ1) is 16.7. The number of nitrogens with two attached hydrogens (primary N) is 1. The summed E-state index contributed by atoms with van der Waals surface area (Å²) in [6.07, 6.45) is 0. The number of anilines is 2. The maximum Gasteiger partial charge on any atom is 0.234 e. The highest BCUT2D eigenvalue weighted by Crippen LogP contribution is 2.32. The fourth-order valence-corrected chi connectivity index (χ4v) is 3.87. The molecule has 0 aliphatic rings. The first-order chi connectivity index (χ1) is 9.97. The van der Waals surface area contributed by atoms with Gasteiger partial charge in [-0.2, -0.15) is 0 Å². The minimum atomic E-state index is -0.123. The van der Waals surface area contributed by atoms with Gasteiger partial charge in [0.1, 0.15) is 0 Å². The number of nitrogen functional groups attached to an aromatic ring is 1. The number of hydrogen-bond acceptors (Lipinski definition) is 3. The van der Waals surface area contributed by atoms with E-state index < -0.39 is 0 Å². The average molecular weight is 451 g/mol. The summed E-state index contributed by atoms with van der Waals surface area (Å²) in [7, 11) is 0. The summed E-state index contributed by atoms with van der Waals surface area (Å²) in [5.41, 5.74) is 7.14. The Morgan fingerprint density at radius 1 is 1.29 bits per heavy atom. The second-order valence-electron chi connectivity index (χ2n) is 4.12. The second kappa shape index (κ2) is 7.54. The lowest BCUT2D eigenvalue weighted by Gasteiger charge is -2.09. The van der Waals surface area contributed by atoms with Gasteiger partial charge in [0.05, 0.1) is 16.5 Å². The van der Waals surface area contributed by atoms with E-state index in [0.29, 0.717) is 10.7 Å². The van der Waals surface area contributed by atoms with Crippen molar-refractivity contribution in [2.75, 3.05) is 16.8 Å². The lowest BCUT2D eigenvalue weighted by molar-refractivity contribution is -0.113. The average Bonchev–Trinajstić information content (AvgIpc) is 2.41. The highest BCUT2D eigenvalue weighted by atomic mass is 79.9. The standard InChI is InChI=1S/C14H11Br2ClN2OS/c15-8-4-5-12(9(16)6-8)19-13(20)7-21-14-10(17)2-1-3-11(14)18/h1-6H,7,18H2,(H,19,20). The van der Waals surface area contributed by atoms with Crippen LogP contribution in [0.3, 0.4) is 0 Å². The fraction of sp³-hybridized carbons (Fsp3) is 0.0714. The molecule has 110 valence electrons. The number of amides is 1. The Morgan fingerprint density at radius 2 is 2.05 bits per heavy atom. The predicted molar refractivity (Wildman–Crippen MR) is 97.1 cm³/mol. The van der Waals surface area contributed by atoms with Gasteiger partial charge in [-0.15, -0.1) is 11.8 Å². The molecule has 0 spiro atoms. The van der Waals surface area contributed by atoms with E-state index in [4.69, 9.17) is 17.3 Å². The van der Waals surface area contributed by atoms with Crippen molar-refractivity contribution in [2.24, 2.45) is 0 Å². The van der Waals surface area contributed by atoms with E-state index in [1.54, 1.807) is 18.2 Å². The van der Waals surface area contributed by atoms with E-state index >= 15 is 0 Å². The zero-order chi connectivity index (χ0) is 15.4. The molecule has 0 unspecified atom stereocenters. The summed E-state index contributed by atoms with van der Waals surface area (Å²) < 4.78 is 1.75. The highest BCUT2D eigenvalue weighted by molar-refractivity contribution is 9.11. The Morgan fingerprint density at radius 3 is 2.71 bits per heavy atom. The first-order valence-electron chi connectivity index (χ1n) is 5.89. The van der Waals surface area contributed by atoms with Gasteiger partial charge in [-0.25, -0.2) is 0 Å². The van der Waals surface area contributed by atoms with Gasteiger partial charge in [-0.05, 0) is 46.3 Å². The largest absolute Gasteiger partial charge is 0.398 e. The minimum Gasteiger partial charge on any atom is -0.398 e. The number of nitrogens with one attached hydrogen (secondary N) is 1. The molecule has 0 fully saturated rings. The molecule has 7 heteroatoms. The molecule has 0 saturated heterocycles. The molecule has 0 bridgehead atoms. The molecule has 0 aromatic heterocycles. The van der Waals surface area contributed by atoms with Crippen LogP contribution in [0.25, 0.3) is 0 Å². The quantitative estimate of drug-likeness (QED) is 0.499. The molecule has 0 atom stereocenters. The SMILES string of the molecule is Nc1cccc(Cl)c1SCC(=O)Nc1ccc(Br)cc1Br. The van der Waals surface area contributed by atoms with Crippen LogP contribution < -0.4 is 11.1 Å². The molecule has 21 heavy (non-hydrogen) atoms. The van der Waals surface area contributed by atoms with Crippen LogP contribution in [-0.4, -0.2) is 11.7 Å². The van der Waals surface area contributed by atoms with Gasteiger partial charge in [0.2, 0.25) is 5.91 Å². The number of halogens is 3. The van der Waals surface area contributed by atoms with Gasteiger partial charge in [-0.3, -0.25) is 4.79 Å². The van der Waals surface area contributed by atoms with Crippen molar-refractivity contribution in [1.29, 1.82) is 0 Å². The van der Waals surface area contributed by atoms with Gasteiger partial charge in [0, 0.05) is 19.5 Å². The van der Waals surface area contributed by atoms with E-state index in [1.165, 1.54) is 11.8 Å². The van der Waals surface area contributed by atoms with Crippen LogP contribution >= 0.6 is 55.2 Å². The summed E-state index contributed by atoms with van der Waals surface area (Å²) in [6, 6.07) is 10.8. The monoisotopic (exact) mass is 448 g/mol. The number of carbonyl (C=O) groups excluding carboxylic acids is 1. The Labute approximate surface area is 148 Å². The molecule has 0 aliphatic heterocycles. The van der Waals surface area contributed by atoms with Gasteiger partial charge >= 0.3 is 0 Å². The number of benzene rings is 2. The topological polar surface area (TPSA) is 55.1 Å². The van der Waals surface area contributed by atoms with E-state index in [-0.39, 0.29) is 11.7 Å². The zero-order valence-corrected chi connectivity index (χ0v) is 15.4. The molecule has 0 saturated carbocycles. The minimum absolute atomic E-state index is 0.123. The van der Waals surface area contributed by atoms with Crippen molar-refractivity contribution in [3.05, 3.63) is 50.4 Å². The van der Waals surface area contributed by atoms with Crippen molar-refractivity contribution in [3.63, 3.8) is 0 Å². The van der Waals surface area contributed by atoms with Crippen LogP contribution in [0.2, 0.25) is 5.02 Å². The highest BCUT2D eigenvalue weighted by Gasteiger charge is 2.10. The third-order valence-corrected chi connectivity index (χ3v) is 5.28. The summed E-state index contributed by atoms with van der Waals surface area (Å²) >= 11 is 14.2. The Kier molecular flexibility index (Phi) is 5.98. The third-order valence-electron chi connectivity index (χ3n) is 2.55. The van der Waals surface area contributed by atoms with Crippen molar-refractivity contribution < 1.29 is 4.79 Å². The molecule has 0 heterocycles. The van der Waals surface area contributed by atoms with Crippen molar-refractivity contribution in [2.45, 2.75) is 4.90 Å². The molecule has 0 aliphatic carbocycles. The van der Waals surface area contributed by atoms with Crippen molar-refractivity contribution in [1.82, 2.24) is 0 Å². The molecule has 2 rings (SSSR count). The van der Waals surface area contributed by atoms with E-state index in [9.17, 15) is 4.79 Å². The van der Waals surface area contributed by atoms with Crippen molar-refractivity contribution >= 4 is 72.5 Å².